The van der Waals surface area contributed by atoms with E-state index in [1.165, 1.54) is 47.8 Å². The summed E-state index contributed by atoms with van der Waals surface area (Å²) < 4.78 is 6.14. The number of para-hydroxylation sites is 1. The van der Waals surface area contributed by atoms with Crippen LogP contribution in [-0.4, -0.2) is 44.5 Å². The van der Waals surface area contributed by atoms with Gasteiger partial charge in [0.15, 0.2) is 0 Å². The zero-order chi connectivity index (χ0) is 16.8. The number of fused-ring (bicyclic) bond motifs is 6. The lowest BCUT2D eigenvalue weighted by Crippen LogP contribution is -2.43. The highest BCUT2D eigenvalue weighted by Gasteiger charge is 2.30. The van der Waals surface area contributed by atoms with Crippen molar-refractivity contribution in [2.24, 2.45) is 5.92 Å². The van der Waals surface area contributed by atoms with E-state index in [-0.39, 0.29) is 8.41 Å². The first-order valence-corrected chi connectivity index (χ1v) is 9.32. The van der Waals surface area contributed by atoms with Gasteiger partial charge in [-0.3, -0.25) is 4.90 Å². The van der Waals surface area contributed by atoms with E-state index in [9.17, 15) is 0 Å². The number of hydrogen-bond donors (Lipinski definition) is 1. The third-order valence-electron chi connectivity index (χ3n) is 5.96. The number of nitrogens with zero attached hydrogens (tertiary/aromatic N) is 1. The maximum Gasteiger partial charge on any atom is 0.121 e. The second kappa shape index (κ2) is 6.84. The van der Waals surface area contributed by atoms with Gasteiger partial charge in [-0.2, -0.15) is 0 Å². The van der Waals surface area contributed by atoms with E-state index in [0.29, 0.717) is 6.61 Å². The van der Waals surface area contributed by atoms with Crippen LogP contribution in [0.1, 0.15) is 19.8 Å². The van der Waals surface area contributed by atoms with Crippen molar-refractivity contribution in [1.82, 2.24) is 9.88 Å². The summed E-state index contributed by atoms with van der Waals surface area (Å²) in [5, 5.41) is 2.53. The van der Waals surface area contributed by atoms with Gasteiger partial charge in [0.05, 0.1) is 5.52 Å². The molecule has 3 radical (unpaired) electrons. The molecular weight excluding hydrogens is 319 g/mol. The molecule has 3 saturated heterocycles. The van der Waals surface area contributed by atoms with Crippen molar-refractivity contribution in [3.63, 3.8) is 0 Å². The van der Waals surface area contributed by atoms with Crippen molar-refractivity contribution in [1.29, 1.82) is 0 Å². The smallest absolute Gasteiger partial charge is 0.121 e. The summed E-state index contributed by atoms with van der Waals surface area (Å²) >= 11 is 0. The summed E-state index contributed by atoms with van der Waals surface area (Å²) in [5.74, 6) is 1.74. The number of H-pyrrole nitrogens is 1. The Morgan fingerprint density at radius 2 is 1.85 bits per heavy atom. The minimum atomic E-state index is 0. The number of aromatic nitrogens is 1. The lowest BCUT2D eigenvalue weighted by Gasteiger charge is -2.42. The fraction of sp³-hybridized carbons (Fsp3) is 0.364. The van der Waals surface area contributed by atoms with Crippen molar-refractivity contribution in [3.05, 3.63) is 53.6 Å². The summed E-state index contributed by atoms with van der Waals surface area (Å²) in [6, 6.07) is 14.8. The van der Waals surface area contributed by atoms with Gasteiger partial charge < -0.3 is 9.72 Å². The molecule has 0 unspecified atom stereocenters. The maximum absolute atomic E-state index is 6.14. The summed E-state index contributed by atoms with van der Waals surface area (Å²) in [7, 11) is 0. The number of rotatable bonds is 3. The van der Waals surface area contributed by atoms with Gasteiger partial charge in [0.2, 0.25) is 0 Å². The molecule has 0 spiro atoms. The highest BCUT2D eigenvalue weighted by Crippen LogP contribution is 2.34. The average Bonchev–Trinajstić information content (AvgIpc) is 3.04. The fourth-order valence-corrected chi connectivity index (χ4v) is 4.50. The molecule has 1 N–H and O–H groups in total. The molecule has 0 amide bonds. The Bertz CT molecular complexity index is 967. The number of piperidine rings is 3. The predicted molar refractivity (Wildman–Crippen MR) is 109 cm³/mol. The molecule has 2 bridgehead atoms. The third-order valence-corrected chi connectivity index (χ3v) is 5.96. The first kappa shape index (κ1) is 17.2. The fourth-order valence-electron chi connectivity index (χ4n) is 4.50. The minimum absolute atomic E-state index is 0. The van der Waals surface area contributed by atoms with Crippen molar-refractivity contribution >= 4 is 30.2 Å². The van der Waals surface area contributed by atoms with E-state index in [1.807, 2.05) is 0 Å². The van der Waals surface area contributed by atoms with Crippen LogP contribution in [0.5, 0.6) is 5.75 Å². The average molecular weight is 343 g/mol. The topological polar surface area (TPSA) is 28.3 Å². The Hall–Kier alpha value is -2.20. The highest BCUT2D eigenvalue weighted by atomic mass is 16.5. The summed E-state index contributed by atoms with van der Waals surface area (Å²) in [5.41, 5.74) is 5.38. The van der Waals surface area contributed by atoms with Gasteiger partial charge in [-0.1, -0.05) is 23.8 Å². The standard InChI is InChI=1S/C22H24N2O.B/c1-15(20-13-24-10-8-16(20)9-11-24)14-25-17-6-7-19-18-4-2-3-5-21(18)23-22(19)12-17;/h2-7,12,16,23H,8-11,13-14H2,1H3;. The van der Waals surface area contributed by atoms with Crippen molar-refractivity contribution in [2.75, 3.05) is 26.2 Å². The Kier molecular flexibility index (Phi) is 4.54. The van der Waals surface area contributed by atoms with Crippen LogP contribution in [0.25, 0.3) is 21.8 Å². The largest absolute Gasteiger partial charge is 0.489 e. The van der Waals surface area contributed by atoms with Crippen molar-refractivity contribution < 1.29 is 4.74 Å². The normalized spacial score (nSPS) is 23.9. The summed E-state index contributed by atoms with van der Waals surface area (Å²) in [6.07, 6.45) is 2.65. The molecule has 6 rings (SSSR count). The van der Waals surface area contributed by atoms with Crippen molar-refractivity contribution in [3.8, 4) is 5.75 Å². The maximum atomic E-state index is 6.14. The Balaban J connectivity index is 0.00000168. The van der Waals surface area contributed by atoms with Gasteiger partial charge in [0.1, 0.15) is 12.4 Å². The molecule has 3 aromatic rings. The molecule has 131 valence electrons. The number of benzene rings is 2. The molecule has 1 aromatic heterocycles. The van der Waals surface area contributed by atoms with Crippen LogP contribution in [0.15, 0.2) is 53.6 Å². The molecule has 3 aliphatic heterocycles. The summed E-state index contributed by atoms with van der Waals surface area (Å²) in [6.45, 7) is 6.66. The van der Waals surface area contributed by atoms with Crippen LogP contribution >= 0.6 is 0 Å². The number of ether oxygens (including phenoxy) is 1. The Morgan fingerprint density at radius 1 is 1.08 bits per heavy atom. The Morgan fingerprint density at radius 3 is 2.62 bits per heavy atom. The monoisotopic (exact) mass is 343 g/mol. The van der Waals surface area contributed by atoms with Gasteiger partial charge >= 0.3 is 0 Å². The highest BCUT2D eigenvalue weighted by molar-refractivity contribution is 6.07. The van der Waals surface area contributed by atoms with E-state index in [2.05, 4.69) is 59.3 Å². The molecule has 2 aromatic carbocycles. The Labute approximate surface area is 156 Å². The molecule has 0 aliphatic carbocycles. The first-order valence-electron chi connectivity index (χ1n) is 9.32. The summed E-state index contributed by atoms with van der Waals surface area (Å²) in [4.78, 5) is 6.07. The third kappa shape index (κ3) is 2.92. The quantitative estimate of drug-likeness (QED) is 0.565. The van der Waals surface area contributed by atoms with Crippen LogP contribution in [-0.2, 0) is 0 Å². The van der Waals surface area contributed by atoms with Crippen LogP contribution in [0.3, 0.4) is 0 Å². The van der Waals surface area contributed by atoms with Crippen molar-refractivity contribution in [2.45, 2.75) is 19.8 Å². The van der Waals surface area contributed by atoms with E-state index in [4.69, 9.17) is 4.74 Å². The van der Waals surface area contributed by atoms with Crippen LogP contribution in [0.4, 0.5) is 0 Å². The van der Waals surface area contributed by atoms with Gasteiger partial charge in [-0.25, -0.2) is 0 Å². The lowest BCUT2D eigenvalue weighted by atomic mass is 9.81. The van der Waals surface area contributed by atoms with Gasteiger partial charge in [-0.05, 0) is 62.5 Å². The number of nitrogens with one attached hydrogen (secondary N) is 1. The van der Waals surface area contributed by atoms with Crippen LogP contribution in [0.2, 0.25) is 0 Å². The molecular formula is C22H24BN2O. The molecule has 3 aliphatic rings. The van der Waals surface area contributed by atoms with Crippen LogP contribution in [0, 0.1) is 5.92 Å². The second-order valence-corrected chi connectivity index (χ2v) is 7.52. The molecule has 0 saturated carbocycles. The molecule has 0 atom stereocenters. The van der Waals surface area contributed by atoms with Crippen LogP contribution < -0.4 is 4.74 Å². The minimum Gasteiger partial charge on any atom is -0.489 e. The first-order chi connectivity index (χ1) is 12.3. The SMILES string of the molecule is CC(COc1ccc2c(c1)[nH]c1ccccc12)=C1CN2CCC1CC2.[B]. The zero-order valence-electron chi connectivity index (χ0n) is 15.3. The zero-order valence-corrected chi connectivity index (χ0v) is 15.3. The molecule has 3 nitrogen and oxygen atoms in total. The van der Waals surface area contributed by atoms with E-state index < -0.39 is 0 Å². The lowest BCUT2D eigenvalue weighted by molar-refractivity contribution is 0.158. The molecule has 3 fully saturated rings. The predicted octanol–water partition coefficient (Wildman–Crippen LogP) is 4.36. The van der Waals surface area contributed by atoms with E-state index in [1.54, 1.807) is 5.57 Å². The van der Waals surface area contributed by atoms with Gasteiger partial charge in [-0.15, -0.1) is 0 Å². The van der Waals surface area contributed by atoms with Gasteiger partial charge in [0, 0.05) is 37.3 Å². The number of aromatic amines is 1. The molecule has 26 heavy (non-hydrogen) atoms. The molecule has 4 heterocycles. The second-order valence-electron chi connectivity index (χ2n) is 7.52. The van der Waals surface area contributed by atoms with Gasteiger partial charge in [0.25, 0.3) is 0 Å². The van der Waals surface area contributed by atoms with E-state index in [0.717, 1.165) is 23.7 Å². The molecule has 4 heteroatoms. The van der Waals surface area contributed by atoms with E-state index >= 15 is 0 Å². The number of hydrogen-bond acceptors (Lipinski definition) is 2.